The number of anilines is 1. The number of nitrogens with zero attached hydrogens (tertiary/aromatic N) is 1. The maximum absolute atomic E-state index is 11.4. The van der Waals surface area contributed by atoms with Gasteiger partial charge in [0, 0.05) is 23.7 Å². The van der Waals surface area contributed by atoms with Crippen molar-refractivity contribution in [3.8, 4) is 0 Å². The van der Waals surface area contributed by atoms with Crippen molar-refractivity contribution >= 4 is 17.5 Å². The molecule has 4 nitrogen and oxygen atoms in total. The lowest BCUT2D eigenvalue weighted by Gasteiger charge is -2.03. The fourth-order valence-electron chi connectivity index (χ4n) is 1.20. The van der Waals surface area contributed by atoms with Gasteiger partial charge in [-0.1, -0.05) is 0 Å². The number of aryl methyl sites for hydroxylation is 1. The van der Waals surface area contributed by atoms with E-state index in [0.717, 1.165) is 12.8 Å². The van der Waals surface area contributed by atoms with E-state index in [1.165, 1.54) is 0 Å². The van der Waals surface area contributed by atoms with Crippen molar-refractivity contribution in [1.29, 1.82) is 0 Å². The molecule has 1 fully saturated rings. The first-order valence-electron chi connectivity index (χ1n) is 4.70. The summed E-state index contributed by atoms with van der Waals surface area (Å²) in [5, 5.41) is 3.13. The van der Waals surface area contributed by atoms with Crippen molar-refractivity contribution in [3.05, 3.63) is 22.1 Å². The minimum absolute atomic E-state index is 0.0937. The van der Waals surface area contributed by atoms with E-state index in [2.05, 4.69) is 15.3 Å². The van der Waals surface area contributed by atoms with Gasteiger partial charge >= 0.3 is 0 Å². The average molecular weight is 214 g/mol. The van der Waals surface area contributed by atoms with E-state index >= 15 is 0 Å². The largest absolute Gasteiger partial charge is 0.353 e. The van der Waals surface area contributed by atoms with Gasteiger partial charge in [0.2, 0.25) is 5.95 Å². The second kappa shape index (κ2) is 4.00. The van der Waals surface area contributed by atoms with Crippen LogP contribution in [-0.2, 0) is 6.42 Å². The Morgan fingerprint density at radius 1 is 1.64 bits per heavy atom. The molecule has 0 radical (unpaired) electrons. The molecule has 0 amide bonds. The number of aromatic nitrogens is 2. The Morgan fingerprint density at radius 3 is 3.00 bits per heavy atom. The van der Waals surface area contributed by atoms with Crippen LogP contribution >= 0.6 is 11.6 Å². The van der Waals surface area contributed by atoms with E-state index in [-0.39, 0.29) is 5.56 Å². The molecule has 1 saturated carbocycles. The quantitative estimate of drug-likeness (QED) is 0.738. The number of hydrogen-bond donors (Lipinski definition) is 2. The summed E-state index contributed by atoms with van der Waals surface area (Å²) >= 11 is 5.55. The minimum atomic E-state index is -0.0937. The lowest BCUT2D eigenvalue weighted by atomic mass is 10.3. The Balaban J connectivity index is 2.12. The first-order chi connectivity index (χ1) is 6.79. The van der Waals surface area contributed by atoms with Crippen molar-refractivity contribution in [2.45, 2.75) is 25.3 Å². The molecule has 0 saturated heterocycles. The summed E-state index contributed by atoms with van der Waals surface area (Å²) < 4.78 is 0. The van der Waals surface area contributed by atoms with E-state index in [4.69, 9.17) is 11.6 Å². The topological polar surface area (TPSA) is 57.8 Å². The molecule has 1 aliphatic rings. The first-order valence-corrected chi connectivity index (χ1v) is 5.24. The van der Waals surface area contributed by atoms with Gasteiger partial charge in [-0.05, 0) is 19.3 Å². The molecule has 1 aromatic rings. The van der Waals surface area contributed by atoms with Gasteiger partial charge in [-0.25, -0.2) is 4.98 Å². The highest BCUT2D eigenvalue weighted by molar-refractivity contribution is 6.17. The molecular weight excluding hydrogens is 202 g/mol. The number of alkyl halides is 1. The summed E-state index contributed by atoms with van der Waals surface area (Å²) in [6.07, 6.45) is 4.47. The number of H-pyrrole nitrogens is 1. The van der Waals surface area contributed by atoms with Gasteiger partial charge in [0.05, 0.1) is 0 Å². The van der Waals surface area contributed by atoms with Crippen LogP contribution in [0.4, 0.5) is 5.95 Å². The molecule has 1 aliphatic carbocycles. The fraction of sp³-hybridized carbons (Fsp3) is 0.556. The Labute approximate surface area is 86.7 Å². The van der Waals surface area contributed by atoms with Gasteiger partial charge in [0.15, 0.2) is 0 Å². The first kappa shape index (κ1) is 9.52. The molecule has 1 heterocycles. The predicted octanol–water partition coefficient (Wildman–Crippen LogP) is 1.13. The van der Waals surface area contributed by atoms with E-state index in [9.17, 15) is 4.79 Å². The van der Waals surface area contributed by atoms with Crippen LogP contribution in [0.1, 0.15) is 18.4 Å². The summed E-state index contributed by atoms with van der Waals surface area (Å²) in [5.74, 6) is 1.01. The highest BCUT2D eigenvalue weighted by Crippen LogP contribution is 2.22. The molecule has 0 bridgehead atoms. The van der Waals surface area contributed by atoms with Crippen LogP contribution in [-0.4, -0.2) is 21.9 Å². The number of hydrogen-bond acceptors (Lipinski definition) is 3. The van der Waals surface area contributed by atoms with E-state index in [0.29, 0.717) is 29.9 Å². The molecule has 0 aromatic carbocycles. The standard InChI is InChI=1S/C9H12ClN3O/c10-4-3-6-5-11-9(13-8(6)14)12-7-1-2-7/h5,7H,1-4H2,(H2,11,12,13,14). The highest BCUT2D eigenvalue weighted by Gasteiger charge is 2.21. The fourth-order valence-corrected chi connectivity index (χ4v) is 1.40. The van der Waals surface area contributed by atoms with Gasteiger partial charge in [0.1, 0.15) is 0 Å². The summed E-state index contributed by atoms with van der Waals surface area (Å²) in [7, 11) is 0. The van der Waals surface area contributed by atoms with Crippen molar-refractivity contribution in [3.63, 3.8) is 0 Å². The van der Waals surface area contributed by atoms with Crippen molar-refractivity contribution < 1.29 is 0 Å². The summed E-state index contributed by atoms with van der Waals surface area (Å²) in [5.41, 5.74) is 0.546. The number of aromatic amines is 1. The normalized spacial score (nSPS) is 15.5. The van der Waals surface area contributed by atoms with Crippen LogP contribution in [0.25, 0.3) is 0 Å². The third-order valence-corrected chi connectivity index (χ3v) is 2.34. The zero-order valence-corrected chi connectivity index (χ0v) is 8.47. The molecule has 0 unspecified atom stereocenters. The predicted molar refractivity (Wildman–Crippen MR) is 55.9 cm³/mol. The van der Waals surface area contributed by atoms with Crippen LogP contribution < -0.4 is 10.9 Å². The molecule has 76 valence electrons. The molecule has 5 heteroatoms. The second-order valence-corrected chi connectivity index (χ2v) is 3.82. The second-order valence-electron chi connectivity index (χ2n) is 3.44. The van der Waals surface area contributed by atoms with Gasteiger partial charge in [-0.3, -0.25) is 9.78 Å². The van der Waals surface area contributed by atoms with E-state index in [1.54, 1.807) is 6.20 Å². The Bertz CT molecular complexity index is 373. The van der Waals surface area contributed by atoms with Crippen LogP contribution in [0.15, 0.2) is 11.0 Å². The number of nitrogens with one attached hydrogen (secondary N) is 2. The molecule has 0 aliphatic heterocycles. The SMILES string of the molecule is O=c1[nH]c(NC2CC2)ncc1CCCl. The molecule has 0 spiro atoms. The van der Waals surface area contributed by atoms with E-state index < -0.39 is 0 Å². The third kappa shape index (κ3) is 2.26. The minimum Gasteiger partial charge on any atom is -0.353 e. The number of rotatable bonds is 4. The van der Waals surface area contributed by atoms with Gasteiger partial charge in [0.25, 0.3) is 5.56 Å². The summed E-state index contributed by atoms with van der Waals surface area (Å²) in [4.78, 5) is 18.2. The van der Waals surface area contributed by atoms with Crippen LogP contribution in [0.5, 0.6) is 0 Å². The molecule has 1 aromatic heterocycles. The van der Waals surface area contributed by atoms with Gasteiger partial charge in [-0.2, -0.15) is 0 Å². The smallest absolute Gasteiger partial charge is 0.255 e. The van der Waals surface area contributed by atoms with Crippen LogP contribution in [0.3, 0.4) is 0 Å². The molecular formula is C9H12ClN3O. The summed E-state index contributed by atoms with van der Waals surface area (Å²) in [6, 6.07) is 0.497. The highest BCUT2D eigenvalue weighted by atomic mass is 35.5. The van der Waals surface area contributed by atoms with Crippen LogP contribution in [0, 0.1) is 0 Å². The van der Waals surface area contributed by atoms with Gasteiger partial charge < -0.3 is 5.32 Å². The zero-order valence-electron chi connectivity index (χ0n) is 7.72. The Kier molecular flexibility index (Phi) is 2.72. The Hall–Kier alpha value is -1.03. The maximum Gasteiger partial charge on any atom is 0.255 e. The number of halogens is 1. The lowest BCUT2D eigenvalue weighted by Crippen LogP contribution is -2.17. The monoisotopic (exact) mass is 213 g/mol. The molecule has 0 atom stereocenters. The average Bonchev–Trinajstić information content (AvgIpc) is 2.94. The van der Waals surface area contributed by atoms with Crippen molar-refractivity contribution in [1.82, 2.24) is 9.97 Å². The molecule has 2 rings (SSSR count). The Morgan fingerprint density at radius 2 is 2.43 bits per heavy atom. The summed E-state index contributed by atoms with van der Waals surface area (Å²) in [6.45, 7) is 0. The molecule has 14 heavy (non-hydrogen) atoms. The lowest BCUT2D eigenvalue weighted by molar-refractivity contribution is 0.980. The van der Waals surface area contributed by atoms with Gasteiger partial charge in [-0.15, -0.1) is 11.6 Å². The third-order valence-electron chi connectivity index (χ3n) is 2.16. The zero-order chi connectivity index (χ0) is 9.97. The van der Waals surface area contributed by atoms with E-state index in [1.807, 2.05) is 0 Å². The van der Waals surface area contributed by atoms with Crippen LogP contribution in [0.2, 0.25) is 0 Å². The van der Waals surface area contributed by atoms with Crippen molar-refractivity contribution in [2.75, 3.05) is 11.2 Å². The van der Waals surface area contributed by atoms with Crippen molar-refractivity contribution in [2.24, 2.45) is 0 Å². The maximum atomic E-state index is 11.4. The molecule has 2 N–H and O–H groups in total.